The number of carbonyl (C=O) groups is 5. The number of hydrogen-bond acceptors (Lipinski definition) is 8. The zero-order valence-corrected chi connectivity index (χ0v) is 21.9. The highest BCUT2D eigenvalue weighted by Crippen LogP contribution is 2.36. The monoisotopic (exact) mass is 520 g/mol. The van der Waals surface area contributed by atoms with Gasteiger partial charge in [0, 0.05) is 11.0 Å². The van der Waals surface area contributed by atoms with Gasteiger partial charge in [-0.25, -0.2) is 5.01 Å². The van der Waals surface area contributed by atoms with E-state index in [4.69, 9.17) is 9.84 Å². The van der Waals surface area contributed by atoms with Crippen molar-refractivity contribution in [3.63, 3.8) is 0 Å². The van der Waals surface area contributed by atoms with E-state index < -0.39 is 53.0 Å². The number of aliphatic carboxylic acids is 1. The van der Waals surface area contributed by atoms with E-state index in [2.05, 4.69) is 15.7 Å². The summed E-state index contributed by atoms with van der Waals surface area (Å²) in [6.45, 7) is 9.10. The molecule has 3 N–H and O–H groups in total. The Kier molecular flexibility index (Phi) is 9.62. The molecule has 11 nitrogen and oxygen atoms in total. The Morgan fingerprint density at radius 3 is 2.25 bits per heavy atom. The van der Waals surface area contributed by atoms with Crippen molar-refractivity contribution in [1.29, 1.82) is 0 Å². The molecule has 0 saturated carbocycles. The Balaban J connectivity index is 2.31. The lowest BCUT2D eigenvalue weighted by Crippen LogP contribution is -2.54. The lowest BCUT2D eigenvalue weighted by molar-refractivity contribution is -0.141. The minimum Gasteiger partial charge on any atom is -0.497 e. The minimum atomic E-state index is -1.26. The van der Waals surface area contributed by atoms with Crippen molar-refractivity contribution in [2.75, 3.05) is 7.11 Å². The van der Waals surface area contributed by atoms with Crippen molar-refractivity contribution in [2.45, 2.75) is 58.5 Å². The molecule has 12 heteroatoms. The van der Waals surface area contributed by atoms with Gasteiger partial charge in [-0.3, -0.25) is 19.2 Å². The van der Waals surface area contributed by atoms with Crippen molar-refractivity contribution in [1.82, 2.24) is 15.6 Å². The maximum Gasteiger partial charge on any atom is 0.305 e. The van der Waals surface area contributed by atoms with E-state index in [0.29, 0.717) is 22.6 Å². The van der Waals surface area contributed by atoms with Gasteiger partial charge >= 0.3 is 5.97 Å². The number of carbonyl (C=O) groups excluding carboxylic acids is 4. The van der Waals surface area contributed by atoms with E-state index in [1.54, 1.807) is 38.1 Å². The number of benzene rings is 1. The zero-order chi connectivity index (χ0) is 27.2. The lowest BCUT2D eigenvalue weighted by Gasteiger charge is -2.28. The summed E-state index contributed by atoms with van der Waals surface area (Å²) in [5.41, 5.74) is -0.177. The van der Waals surface area contributed by atoms with Gasteiger partial charge in [0.15, 0.2) is 5.37 Å². The number of aldehydes is 1. The smallest absolute Gasteiger partial charge is 0.305 e. The number of hydrazone groups is 1. The molecule has 196 valence electrons. The number of amides is 3. The van der Waals surface area contributed by atoms with Crippen LogP contribution in [0.2, 0.25) is 0 Å². The molecule has 0 aliphatic carbocycles. The summed E-state index contributed by atoms with van der Waals surface area (Å²) < 4.78 is 5.10. The fourth-order valence-corrected chi connectivity index (χ4v) is 4.31. The number of carboxylic acid groups (broad SMARTS) is 1. The van der Waals surface area contributed by atoms with Crippen molar-refractivity contribution in [3.8, 4) is 5.75 Å². The van der Waals surface area contributed by atoms with E-state index >= 15 is 0 Å². The fraction of sp³-hybridized carbons (Fsp3) is 0.500. The van der Waals surface area contributed by atoms with Gasteiger partial charge < -0.3 is 25.3 Å². The molecule has 0 radical (unpaired) electrons. The van der Waals surface area contributed by atoms with Crippen molar-refractivity contribution in [2.24, 2.45) is 16.4 Å². The number of nitrogens with zero attached hydrogens (tertiary/aromatic N) is 2. The van der Waals surface area contributed by atoms with Gasteiger partial charge in [-0.05, 0) is 30.2 Å². The van der Waals surface area contributed by atoms with Crippen LogP contribution in [0.3, 0.4) is 0 Å². The SMILES string of the molecule is COc1ccc(C(=O)NC(C(=O)N2N=C(C(C)(C)C)SC2C(=O)NC(C=O)CC(=O)O)C(C)C)cc1. The number of thioether (sulfide) groups is 1. The molecule has 1 aromatic carbocycles. The van der Waals surface area contributed by atoms with Gasteiger partial charge in [0.1, 0.15) is 23.1 Å². The highest BCUT2D eigenvalue weighted by atomic mass is 32.2. The van der Waals surface area contributed by atoms with Crippen LogP contribution in [-0.2, 0) is 19.2 Å². The molecular weight excluding hydrogens is 488 g/mol. The molecular formula is C24H32N4O7S. The van der Waals surface area contributed by atoms with E-state index in [9.17, 15) is 24.0 Å². The Morgan fingerprint density at radius 2 is 1.78 bits per heavy atom. The average Bonchev–Trinajstić information content (AvgIpc) is 3.27. The second-order valence-corrected chi connectivity index (χ2v) is 10.6. The van der Waals surface area contributed by atoms with Crippen LogP contribution in [0.25, 0.3) is 0 Å². The Labute approximate surface area is 214 Å². The van der Waals surface area contributed by atoms with Crippen LogP contribution in [0, 0.1) is 11.3 Å². The highest BCUT2D eigenvalue weighted by molar-refractivity contribution is 8.15. The number of nitrogens with one attached hydrogen (secondary N) is 2. The summed E-state index contributed by atoms with van der Waals surface area (Å²) in [5.74, 6) is -2.87. The number of ether oxygens (including phenoxy) is 1. The molecule has 0 fully saturated rings. The van der Waals surface area contributed by atoms with E-state index in [0.717, 1.165) is 16.8 Å². The molecule has 2 rings (SSSR count). The van der Waals surface area contributed by atoms with Crippen LogP contribution >= 0.6 is 11.8 Å². The summed E-state index contributed by atoms with van der Waals surface area (Å²) in [4.78, 5) is 61.8. The van der Waals surface area contributed by atoms with Crippen LogP contribution in [0.4, 0.5) is 0 Å². The van der Waals surface area contributed by atoms with Gasteiger partial charge in [-0.1, -0.05) is 46.4 Å². The van der Waals surface area contributed by atoms with Gasteiger partial charge in [-0.2, -0.15) is 5.10 Å². The number of rotatable bonds is 10. The maximum absolute atomic E-state index is 13.6. The van der Waals surface area contributed by atoms with Gasteiger partial charge in [-0.15, -0.1) is 0 Å². The summed E-state index contributed by atoms with van der Waals surface area (Å²) in [7, 11) is 1.51. The molecule has 0 spiro atoms. The third-order valence-electron chi connectivity index (χ3n) is 5.19. The first-order valence-electron chi connectivity index (χ1n) is 11.3. The van der Waals surface area contributed by atoms with Crippen molar-refractivity contribution >= 4 is 46.8 Å². The molecule has 0 aromatic heterocycles. The highest BCUT2D eigenvalue weighted by Gasteiger charge is 2.44. The largest absolute Gasteiger partial charge is 0.497 e. The summed E-state index contributed by atoms with van der Waals surface area (Å²) in [6, 6.07) is 4.10. The summed E-state index contributed by atoms with van der Waals surface area (Å²) >= 11 is 1.04. The first kappa shape index (κ1) is 28.8. The Morgan fingerprint density at radius 1 is 1.17 bits per heavy atom. The van der Waals surface area contributed by atoms with E-state index in [-0.39, 0.29) is 5.92 Å². The Bertz CT molecular complexity index is 1030. The number of methoxy groups -OCH3 is 1. The number of hydrogen-bond donors (Lipinski definition) is 3. The van der Waals surface area contributed by atoms with Crippen LogP contribution in [0.5, 0.6) is 5.75 Å². The predicted octanol–water partition coefficient (Wildman–Crippen LogP) is 1.87. The molecule has 1 heterocycles. The second-order valence-electron chi connectivity index (χ2n) is 9.58. The van der Waals surface area contributed by atoms with E-state index in [1.807, 2.05) is 20.8 Å². The average molecular weight is 521 g/mol. The minimum absolute atomic E-state index is 0.320. The topological polar surface area (TPSA) is 154 Å². The van der Waals surface area contributed by atoms with Gasteiger partial charge in [0.05, 0.1) is 19.6 Å². The molecule has 1 aliphatic rings. The van der Waals surface area contributed by atoms with Crippen molar-refractivity contribution < 1.29 is 33.8 Å². The van der Waals surface area contributed by atoms with Gasteiger partial charge in [0.2, 0.25) is 0 Å². The summed E-state index contributed by atoms with van der Waals surface area (Å²) in [6.07, 6.45) is -0.268. The Hall–Kier alpha value is -3.41. The zero-order valence-electron chi connectivity index (χ0n) is 21.1. The van der Waals surface area contributed by atoms with Crippen molar-refractivity contribution in [3.05, 3.63) is 29.8 Å². The normalized spacial score (nSPS) is 17.1. The molecule has 3 atom stereocenters. The quantitative estimate of drug-likeness (QED) is 0.395. The van der Waals surface area contributed by atoms with Crippen LogP contribution < -0.4 is 15.4 Å². The predicted molar refractivity (Wildman–Crippen MR) is 134 cm³/mol. The standard InChI is InChI=1S/C24H32N4O7S/c1-13(2)18(26-19(32)14-7-9-16(35-6)10-8-14)21(34)28-22(36-23(27-28)24(3,4)5)20(33)25-15(12-29)11-17(30)31/h7-10,12-13,15,18,22H,11H2,1-6H3,(H,25,33)(H,26,32)(H,30,31). The molecule has 0 saturated heterocycles. The molecule has 0 bridgehead atoms. The van der Waals surface area contributed by atoms with Gasteiger partial charge in [0.25, 0.3) is 17.7 Å². The third kappa shape index (κ3) is 7.30. The maximum atomic E-state index is 13.6. The molecule has 1 aliphatic heterocycles. The number of carboxylic acids is 1. The lowest BCUT2D eigenvalue weighted by atomic mass is 9.99. The molecule has 3 amide bonds. The van der Waals surface area contributed by atoms with E-state index in [1.165, 1.54) is 7.11 Å². The van der Waals surface area contributed by atoms with Crippen LogP contribution in [0.15, 0.2) is 29.4 Å². The van der Waals surface area contributed by atoms with Crippen LogP contribution in [-0.4, -0.2) is 69.7 Å². The molecule has 36 heavy (non-hydrogen) atoms. The fourth-order valence-electron chi connectivity index (χ4n) is 3.18. The second kappa shape index (κ2) is 12.0. The third-order valence-corrected chi connectivity index (χ3v) is 6.75. The first-order chi connectivity index (χ1) is 16.8. The first-order valence-corrected chi connectivity index (χ1v) is 12.2. The summed E-state index contributed by atoms with van der Waals surface area (Å²) in [5, 5.41) is 18.8. The molecule has 1 aromatic rings. The molecule has 3 unspecified atom stereocenters. The van der Waals surface area contributed by atoms with Crippen LogP contribution in [0.1, 0.15) is 51.4 Å².